The van der Waals surface area contributed by atoms with Crippen molar-refractivity contribution in [2.24, 2.45) is 0 Å². The van der Waals surface area contributed by atoms with Crippen molar-refractivity contribution in [1.29, 1.82) is 0 Å². The second-order valence-corrected chi connectivity index (χ2v) is 9.08. The Hall–Kier alpha value is -3.52. The van der Waals surface area contributed by atoms with E-state index in [0.717, 1.165) is 17.8 Å². The zero-order valence-corrected chi connectivity index (χ0v) is 20.1. The van der Waals surface area contributed by atoms with Gasteiger partial charge in [0.1, 0.15) is 0 Å². The number of carbonyl (C=O) groups excluding carboxylic acids is 2. The lowest BCUT2D eigenvalue weighted by Gasteiger charge is -2.35. The summed E-state index contributed by atoms with van der Waals surface area (Å²) in [7, 11) is 0. The molecular formula is C27H25ClF3N3O2. The van der Waals surface area contributed by atoms with Gasteiger partial charge in [-0.25, -0.2) is 0 Å². The van der Waals surface area contributed by atoms with E-state index in [0.29, 0.717) is 47.6 Å². The summed E-state index contributed by atoms with van der Waals surface area (Å²) in [6, 6.07) is 18.8. The van der Waals surface area contributed by atoms with Crippen molar-refractivity contribution in [3.05, 3.63) is 100 Å². The lowest BCUT2D eigenvalue weighted by molar-refractivity contribution is -0.137. The molecule has 36 heavy (non-hydrogen) atoms. The van der Waals surface area contributed by atoms with Crippen LogP contribution in [0.4, 0.5) is 18.9 Å². The van der Waals surface area contributed by atoms with Crippen molar-refractivity contribution in [2.75, 3.05) is 18.0 Å². The van der Waals surface area contributed by atoms with Crippen molar-refractivity contribution in [3.8, 4) is 0 Å². The van der Waals surface area contributed by atoms with Crippen LogP contribution in [0.15, 0.2) is 72.8 Å². The zero-order valence-electron chi connectivity index (χ0n) is 19.3. The number of nitrogens with one attached hydrogen (secondary N) is 2. The molecule has 1 aliphatic rings. The maximum Gasteiger partial charge on any atom is 0.416 e. The quantitative estimate of drug-likeness (QED) is 0.443. The second-order valence-electron chi connectivity index (χ2n) is 8.64. The van der Waals surface area contributed by atoms with Crippen LogP contribution in [-0.2, 0) is 12.7 Å². The number of benzene rings is 3. The third-order valence-corrected chi connectivity index (χ3v) is 6.35. The number of nitrogens with zero attached hydrogens (tertiary/aromatic N) is 1. The Balaban J connectivity index is 1.36. The molecule has 1 fully saturated rings. The van der Waals surface area contributed by atoms with Crippen molar-refractivity contribution in [1.82, 2.24) is 10.6 Å². The minimum absolute atomic E-state index is 0.00497. The fourth-order valence-electron chi connectivity index (χ4n) is 4.24. The van der Waals surface area contributed by atoms with Crippen LogP contribution in [0.3, 0.4) is 0 Å². The zero-order chi connectivity index (χ0) is 25.7. The van der Waals surface area contributed by atoms with Crippen molar-refractivity contribution in [3.63, 3.8) is 0 Å². The molecule has 0 radical (unpaired) electrons. The van der Waals surface area contributed by atoms with E-state index in [1.54, 1.807) is 42.5 Å². The van der Waals surface area contributed by atoms with Gasteiger partial charge in [-0.1, -0.05) is 41.9 Å². The Bertz CT molecular complexity index is 1240. The molecule has 2 amide bonds. The summed E-state index contributed by atoms with van der Waals surface area (Å²) in [6.07, 6.45) is -3.04. The fourth-order valence-corrected chi connectivity index (χ4v) is 4.43. The molecule has 0 bridgehead atoms. The average molecular weight is 516 g/mol. The summed E-state index contributed by atoms with van der Waals surface area (Å²) in [5, 5.41) is 6.27. The van der Waals surface area contributed by atoms with E-state index in [4.69, 9.17) is 11.6 Å². The lowest BCUT2D eigenvalue weighted by atomic mass is 10.0. The molecule has 188 valence electrons. The topological polar surface area (TPSA) is 61.4 Å². The van der Waals surface area contributed by atoms with Crippen LogP contribution < -0.4 is 15.5 Å². The summed E-state index contributed by atoms with van der Waals surface area (Å²) >= 11 is 5.98. The van der Waals surface area contributed by atoms with E-state index < -0.39 is 11.7 Å². The van der Waals surface area contributed by atoms with Gasteiger partial charge in [0.05, 0.1) is 11.1 Å². The van der Waals surface area contributed by atoms with Gasteiger partial charge in [-0.2, -0.15) is 13.2 Å². The monoisotopic (exact) mass is 515 g/mol. The Kier molecular flexibility index (Phi) is 7.84. The molecule has 0 aromatic heterocycles. The van der Waals surface area contributed by atoms with Gasteiger partial charge in [0.2, 0.25) is 0 Å². The summed E-state index contributed by atoms with van der Waals surface area (Å²) in [6.45, 7) is 1.26. The highest BCUT2D eigenvalue weighted by atomic mass is 35.5. The number of para-hydroxylation sites is 1. The molecule has 0 atom stereocenters. The number of alkyl halides is 3. The van der Waals surface area contributed by atoms with Crippen LogP contribution in [0.2, 0.25) is 5.02 Å². The van der Waals surface area contributed by atoms with E-state index in [-0.39, 0.29) is 24.4 Å². The van der Waals surface area contributed by atoms with Gasteiger partial charge in [-0.05, 0) is 60.9 Å². The first-order valence-electron chi connectivity index (χ1n) is 11.6. The predicted octanol–water partition coefficient (Wildman–Crippen LogP) is 5.69. The molecular weight excluding hydrogens is 491 g/mol. The molecule has 4 rings (SSSR count). The molecule has 9 heteroatoms. The Morgan fingerprint density at radius 1 is 0.917 bits per heavy atom. The largest absolute Gasteiger partial charge is 0.416 e. The number of hydrogen-bond donors (Lipinski definition) is 2. The maximum atomic E-state index is 13.0. The van der Waals surface area contributed by atoms with E-state index in [2.05, 4.69) is 15.5 Å². The molecule has 3 aromatic rings. The standard InChI is InChI=1S/C27H25ClF3N3O2/c28-21-8-4-6-19(16-21)25(35)33-22-11-13-34(14-12-22)24-10-2-1-9-23(24)26(36)32-17-18-5-3-7-20(15-18)27(29,30)31/h1-10,15-16,22H,11-14,17H2,(H,32,36)(H,33,35). The molecule has 5 nitrogen and oxygen atoms in total. The molecule has 1 aliphatic heterocycles. The third kappa shape index (κ3) is 6.37. The summed E-state index contributed by atoms with van der Waals surface area (Å²) in [5.41, 5.74) is 1.32. The molecule has 0 aliphatic carbocycles. The van der Waals surface area contributed by atoms with E-state index in [1.807, 2.05) is 12.1 Å². The number of piperidine rings is 1. The van der Waals surface area contributed by atoms with Crippen LogP contribution in [0.1, 0.15) is 44.7 Å². The van der Waals surface area contributed by atoms with Crippen molar-refractivity contribution >= 4 is 29.1 Å². The van der Waals surface area contributed by atoms with E-state index >= 15 is 0 Å². The third-order valence-electron chi connectivity index (χ3n) is 6.11. The molecule has 0 unspecified atom stereocenters. The first-order valence-corrected chi connectivity index (χ1v) is 11.9. The Labute approximate surface area is 212 Å². The number of carbonyl (C=O) groups is 2. The fraction of sp³-hybridized carbons (Fsp3) is 0.259. The average Bonchev–Trinajstić information content (AvgIpc) is 2.87. The van der Waals surface area contributed by atoms with Gasteiger partial charge in [-0.15, -0.1) is 0 Å². The minimum atomic E-state index is -4.44. The lowest BCUT2D eigenvalue weighted by Crippen LogP contribution is -2.45. The molecule has 0 saturated carbocycles. The van der Waals surface area contributed by atoms with Gasteiger partial charge in [0.25, 0.3) is 11.8 Å². The van der Waals surface area contributed by atoms with Crippen LogP contribution in [-0.4, -0.2) is 30.9 Å². The van der Waals surface area contributed by atoms with Gasteiger partial charge in [-0.3, -0.25) is 9.59 Å². The van der Waals surface area contributed by atoms with Crippen LogP contribution in [0.5, 0.6) is 0 Å². The summed E-state index contributed by atoms with van der Waals surface area (Å²) < 4.78 is 38.9. The Morgan fingerprint density at radius 2 is 1.64 bits per heavy atom. The molecule has 1 saturated heterocycles. The number of amides is 2. The summed E-state index contributed by atoms with van der Waals surface area (Å²) in [5.74, 6) is -0.537. The highest BCUT2D eigenvalue weighted by Gasteiger charge is 2.30. The molecule has 3 aromatic carbocycles. The minimum Gasteiger partial charge on any atom is -0.371 e. The highest BCUT2D eigenvalue weighted by molar-refractivity contribution is 6.30. The van der Waals surface area contributed by atoms with E-state index in [1.165, 1.54) is 6.07 Å². The van der Waals surface area contributed by atoms with E-state index in [9.17, 15) is 22.8 Å². The number of hydrogen-bond acceptors (Lipinski definition) is 3. The van der Waals surface area contributed by atoms with Crippen molar-refractivity contribution < 1.29 is 22.8 Å². The first kappa shape index (κ1) is 25.6. The van der Waals surface area contributed by atoms with Crippen LogP contribution >= 0.6 is 11.6 Å². The van der Waals surface area contributed by atoms with Crippen LogP contribution in [0, 0.1) is 0 Å². The second kappa shape index (κ2) is 11.0. The smallest absolute Gasteiger partial charge is 0.371 e. The normalized spacial score (nSPS) is 14.4. The number of anilines is 1. The summed E-state index contributed by atoms with van der Waals surface area (Å²) in [4.78, 5) is 27.5. The van der Waals surface area contributed by atoms with Gasteiger partial charge >= 0.3 is 6.18 Å². The molecule has 1 heterocycles. The van der Waals surface area contributed by atoms with Crippen LogP contribution in [0.25, 0.3) is 0 Å². The van der Waals surface area contributed by atoms with Gasteiger partial charge < -0.3 is 15.5 Å². The number of rotatable bonds is 6. The predicted molar refractivity (Wildman–Crippen MR) is 133 cm³/mol. The SMILES string of the molecule is O=C(NC1CCN(c2ccccc2C(=O)NCc2cccc(C(F)(F)F)c2)CC1)c1cccc(Cl)c1. The number of halogens is 4. The molecule has 2 N–H and O–H groups in total. The molecule has 0 spiro atoms. The highest BCUT2D eigenvalue weighted by Crippen LogP contribution is 2.30. The maximum absolute atomic E-state index is 13.0. The van der Waals surface area contributed by atoms with Gasteiger partial charge in [0.15, 0.2) is 0 Å². The Morgan fingerprint density at radius 3 is 2.36 bits per heavy atom. The first-order chi connectivity index (χ1) is 17.2. The van der Waals surface area contributed by atoms with Crippen molar-refractivity contribution in [2.45, 2.75) is 31.6 Å². The van der Waals surface area contributed by atoms with Gasteiger partial charge in [0, 0.05) is 41.9 Å².